The Bertz CT molecular complexity index is 1380. The van der Waals surface area contributed by atoms with E-state index in [0.29, 0.717) is 23.9 Å². The first-order valence-corrected chi connectivity index (χ1v) is 13.5. The van der Waals surface area contributed by atoms with Crippen molar-refractivity contribution in [1.29, 1.82) is 0 Å². The number of methoxy groups -OCH3 is 1. The predicted molar refractivity (Wildman–Crippen MR) is 131 cm³/mol. The molecule has 7 nitrogen and oxygen atoms in total. The molecular formula is C25H27FN4O3S. The van der Waals surface area contributed by atoms with Gasteiger partial charge in [-0.05, 0) is 43.5 Å². The van der Waals surface area contributed by atoms with E-state index in [0.717, 1.165) is 48.8 Å². The summed E-state index contributed by atoms with van der Waals surface area (Å²) in [5.74, 6) is 1.15. The first-order valence-electron chi connectivity index (χ1n) is 11.7. The van der Waals surface area contributed by atoms with Gasteiger partial charge >= 0.3 is 0 Å². The van der Waals surface area contributed by atoms with Gasteiger partial charge in [-0.25, -0.2) is 22.8 Å². The maximum atomic E-state index is 14.7. The van der Waals surface area contributed by atoms with Gasteiger partial charge in [0.1, 0.15) is 5.82 Å². The highest BCUT2D eigenvalue weighted by Crippen LogP contribution is 2.44. The van der Waals surface area contributed by atoms with Crippen molar-refractivity contribution in [3.8, 4) is 17.0 Å². The number of hydrogen-bond donors (Lipinski definition) is 0. The van der Waals surface area contributed by atoms with Crippen LogP contribution < -0.4 is 14.5 Å². The molecule has 1 spiro atoms. The quantitative estimate of drug-likeness (QED) is 0.562. The van der Waals surface area contributed by atoms with Crippen molar-refractivity contribution >= 4 is 32.2 Å². The van der Waals surface area contributed by atoms with Crippen LogP contribution in [0.3, 0.4) is 0 Å². The lowest BCUT2D eigenvalue weighted by Gasteiger charge is -2.31. The van der Waals surface area contributed by atoms with E-state index in [9.17, 15) is 12.8 Å². The lowest BCUT2D eigenvalue weighted by atomic mass is 9.87. The fraction of sp³-hybridized carbons (Fsp3) is 0.440. The van der Waals surface area contributed by atoms with E-state index < -0.39 is 15.7 Å². The van der Waals surface area contributed by atoms with Gasteiger partial charge < -0.3 is 14.5 Å². The van der Waals surface area contributed by atoms with Crippen LogP contribution in [0.5, 0.6) is 5.75 Å². The molecule has 0 aliphatic carbocycles. The standard InChI is InChI=1S/C25H27FN4O3S/c1-33-23-13-21-18(11-19(23)26)22(30-9-5-25(15-30)6-10-34(31,32)16-25)12-20(28-21)17-3-4-24(27-14-17)29-7-2-8-29/h3-4,11-14H,2,5-10,15-16H2,1H3. The summed E-state index contributed by atoms with van der Waals surface area (Å²) in [6, 6.07) is 9.12. The minimum atomic E-state index is -2.99. The van der Waals surface area contributed by atoms with Gasteiger partial charge in [0.2, 0.25) is 0 Å². The average molecular weight is 483 g/mol. The van der Waals surface area contributed by atoms with Gasteiger partial charge in [0.25, 0.3) is 0 Å². The Labute approximate surface area is 198 Å². The molecule has 0 saturated carbocycles. The molecule has 1 atom stereocenters. The highest BCUT2D eigenvalue weighted by molar-refractivity contribution is 7.91. The number of ether oxygens (including phenoxy) is 1. The molecule has 0 amide bonds. The molecule has 0 radical (unpaired) electrons. The van der Waals surface area contributed by atoms with Crippen LogP contribution in [0.1, 0.15) is 19.3 Å². The molecule has 1 aromatic carbocycles. The molecule has 0 bridgehead atoms. The van der Waals surface area contributed by atoms with Gasteiger partial charge in [-0.3, -0.25) is 0 Å². The fourth-order valence-electron chi connectivity index (χ4n) is 5.49. The van der Waals surface area contributed by atoms with Gasteiger partial charge in [-0.2, -0.15) is 0 Å². The highest BCUT2D eigenvalue weighted by atomic mass is 32.2. The predicted octanol–water partition coefficient (Wildman–Crippen LogP) is 3.67. The van der Waals surface area contributed by atoms with Crippen LogP contribution in [0.25, 0.3) is 22.2 Å². The van der Waals surface area contributed by atoms with Crippen molar-refractivity contribution in [1.82, 2.24) is 9.97 Å². The molecule has 2 aromatic heterocycles. The summed E-state index contributed by atoms with van der Waals surface area (Å²) in [5, 5.41) is 0.699. The Hall–Kier alpha value is -2.94. The molecule has 3 aliphatic rings. The molecule has 0 N–H and O–H groups in total. The second-order valence-corrected chi connectivity index (χ2v) is 12.0. The number of rotatable bonds is 4. The number of anilines is 2. The van der Waals surface area contributed by atoms with Gasteiger partial charge in [0.15, 0.2) is 21.4 Å². The average Bonchev–Trinajstić information content (AvgIpc) is 3.33. The van der Waals surface area contributed by atoms with E-state index in [1.54, 1.807) is 6.07 Å². The number of pyridine rings is 2. The van der Waals surface area contributed by atoms with Gasteiger partial charge in [-0.1, -0.05) is 0 Å². The van der Waals surface area contributed by atoms with Crippen LogP contribution in [0.15, 0.2) is 36.5 Å². The Balaban J connectivity index is 1.43. The number of aromatic nitrogens is 2. The Morgan fingerprint density at radius 1 is 1.09 bits per heavy atom. The third-order valence-corrected chi connectivity index (χ3v) is 9.41. The summed E-state index contributed by atoms with van der Waals surface area (Å²) in [7, 11) is -1.55. The fourth-order valence-corrected chi connectivity index (χ4v) is 7.69. The van der Waals surface area contributed by atoms with Crippen molar-refractivity contribution < 1.29 is 17.5 Å². The zero-order valence-corrected chi connectivity index (χ0v) is 19.9. The molecule has 6 rings (SSSR count). The van der Waals surface area contributed by atoms with E-state index in [1.807, 2.05) is 24.4 Å². The Kier molecular flexibility index (Phi) is 4.95. The summed E-state index contributed by atoms with van der Waals surface area (Å²) >= 11 is 0. The van der Waals surface area contributed by atoms with Crippen LogP contribution in [0, 0.1) is 11.2 Å². The lowest BCUT2D eigenvalue weighted by Crippen LogP contribution is -2.37. The number of hydrogen-bond acceptors (Lipinski definition) is 7. The smallest absolute Gasteiger partial charge is 0.165 e. The molecular weight excluding hydrogens is 455 g/mol. The van der Waals surface area contributed by atoms with E-state index in [4.69, 9.17) is 9.72 Å². The molecule has 5 heterocycles. The molecule has 3 saturated heterocycles. The summed E-state index contributed by atoms with van der Waals surface area (Å²) in [6.45, 7) is 3.43. The number of sulfone groups is 1. The van der Waals surface area contributed by atoms with Gasteiger partial charge in [0.05, 0.1) is 29.8 Å². The number of halogens is 1. The number of fused-ring (bicyclic) bond motifs is 1. The highest BCUT2D eigenvalue weighted by Gasteiger charge is 2.47. The SMILES string of the molecule is COc1cc2nc(-c3ccc(N4CCC4)nc3)cc(N3CCC4(CCS(=O)(=O)C4)C3)c2cc1F. The van der Waals surface area contributed by atoms with Gasteiger partial charge in [0, 0.05) is 60.5 Å². The van der Waals surface area contributed by atoms with Crippen LogP contribution in [-0.4, -0.2) is 63.2 Å². The molecule has 3 fully saturated rings. The maximum Gasteiger partial charge on any atom is 0.165 e. The molecule has 3 aliphatic heterocycles. The third-order valence-electron chi connectivity index (χ3n) is 7.53. The zero-order valence-electron chi connectivity index (χ0n) is 19.1. The summed E-state index contributed by atoms with van der Waals surface area (Å²) < 4.78 is 44.3. The van der Waals surface area contributed by atoms with E-state index in [1.165, 1.54) is 19.6 Å². The first-order chi connectivity index (χ1) is 16.3. The molecule has 9 heteroatoms. The zero-order chi connectivity index (χ0) is 23.5. The minimum absolute atomic E-state index is 0.147. The second-order valence-electron chi connectivity index (χ2n) is 9.79. The first kappa shape index (κ1) is 21.6. The third kappa shape index (κ3) is 3.66. The molecule has 34 heavy (non-hydrogen) atoms. The van der Waals surface area contributed by atoms with Crippen LogP contribution in [0.2, 0.25) is 0 Å². The van der Waals surface area contributed by atoms with E-state index >= 15 is 0 Å². The lowest BCUT2D eigenvalue weighted by molar-refractivity contribution is 0.382. The monoisotopic (exact) mass is 482 g/mol. The number of nitrogens with zero attached hydrogens (tertiary/aromatic N) is 4. The van der Waals surface area contributed by atoms with Crippen molar-refractivity contribution in [2.75, 3.05) is 54.6 Å². The summed E-state index contributed by atoms with van der Waals surface area (Å²) in [6.07, 6.45) is 4.53. The van der Waals surface area contributed by atoms with Crippen LogP contribution in [-0.2, 0) is 9.84 Å². The molecule has 1 unspecified atom stereocenters. The van der Waals surface area contributed by atoms with Crippen molar-refractivity contribution in [2.45, 2.75) is 19.3 Å². The van der Waals surface area contributed by atoms with Crippen molar-refractivity contribution in [3.63, 3.8) is 0 Å². The van der Waals surface area contributed by atoms with E-state index in [-0.39, 0.29) is 22.7 Å². The minimum Gasteiger partial charge on any atom is -0.494 e. The molecule has 3 aromatic rings. The van der Waals surface area contributed by atoms with E-state index in [2.05, 4.69) is 14.8 Å². The van der Waals surface area contributed by atoms with Gasteiger partial charge in [-0.15, -0.1) is 0 Å². The number of benzene rings is 1. The Morgan fingerprint density at radius 2 is 1.94 bits per heavy atom. The van der Waals surface area contributed by atoms with Crippen LogP contribution >= 0.6 is 0 Å². The van der Waals surface area contributed by atoms with Crippen molar-refractivity contribution in [3.05, 3.63) is 42.3 Å². The normalized spacial score (nSPS) is 23.6. The second kappa shape index (κ2) is 7.80. The summed E-state index contributed by atoms with van der Waals surface area (Å²) in [5.41, 5.74) is 2.92. The largest absolute Gasteiger partial charge is 0.494 e. The maximum absolute atomic E-state index is 14.7. The van der Waals surface area contributed by atoms with Crippen LogP contribution in [0.4, 0.5) is 15.9 Å². The summed E-state index contributed by atoms with van der Waals surface area (Å²) in [4.78, 5) is 13.9. The topological polar surface area (TPSA) is 75.6 Å². The Morgan fingerprint density at radius 3 is 2.59 bits per heavy atom. The molecule has 178 valence electrons. The van der Waals surface area contributed by atoms with Crippen molar-refractivity contribution in [2.24, 2.45) is 5.41 Å².